The zero-order valence-electron chi connectivity index (χ0n) is 12.8. The molecule has 2 atom stereocenters. The molecular weight excluding hydrogens is 296 g/mol. The predicted molar refractivity (Wildman–Crippen MR) is 84.1 cm³/mol. The van der Waals surface area contributed by atoms with Gasteiger partial charge in [0.2, 0.25) is 11.8 Å². The monoisotopic (exact) mass is 316 g/mol. The number of benzene rings is 1. The Kier molecular flexibility index (Phi) is 4.32. The Morgan fingerprint density at radius 3 is 2.61 bits per heavy atom. The van der Waals surface area contributed by atoms with Crippen LogP contribution in [0.5, 0.6) is 0 Å². The minimum Gasteiger partial charge on any atom is -0.481 e. The number of hydrogen-bond donors (Lipinski definition) is 2. The summed E-state index contributed by atoms with van der Waals surface area (Å²) in [6.45, 7) is 1.61. The van der Waals surface area contributed by atoms with E-state index in [9.17, 15) is 14.4 Å². The number of carboxylic acid groups (broad SMARTS) is 1. The second kappa shape index (κ2) is 6.40. The summed E-state index contributed by atoms with van der Waals surface area (Å²) < 4.78 is 0. The first kappa shape index (κ1) is 15.5. The molecule has 23 heavy (non-hydrogen) atoms. The van der Waals surface area contributed by atoms with E-state index in [1.54, 1.807) is 0 Å². The van der Waals surface area contributed by atoms with Crippen LogP contribution < -0.4 is 10.2 Å². The third-order valence-corrected chi connectivity index (χ3v) is 4.65. The Hall–Kier alpha value is -2.37. The number of amides is 2. The number of rotatable bonds is 4. The van der Waals surface area contributed by atoms with Gasteiger partial charge in [0.1, 0.15) is 0 Å². The fourth-order valence-corrected chi connectivity index (χ4v) is 3.41. The van der Waals surface area contributed by atoms with Crippen LogP contribution in [0, 0.1) is 5.92 Å². The van der Waals surface area contributed by atoms with Gasteiger partial charge in [-0.25, -0.2) is 0 Å². The maximum absolute atomic E-state index is 11.9. The Morgan fingerprint density at radius 2 is 1.96 bits per heavy atom. The average molecular weight is 316 g/mol. The van der Waals surface area contributed by atoms with E-state index in [1.165, 1.54) is 0 Å². The molecule has 2 amide bonds. The van der Waals surface area contributed by atoms with E-state index in [1.807, 2.05) is 24.3 Å². The minimum absolute atomic E-state index is 0.197. The van der Waals surface area contributed by atoms with Gasteiger partial charge >= 0.3 is 5.97 Å². The Morgan fingerprint density at radius 1 is 1.22 bits per heavy atom. The second-order valence-corrected chi connectivity index (χ2v) is 6.29. The summed E-state index contributed by atoms with van der Waals surface area (Å²) in [7, 11) is 0. The number of anilines is 1. The first-order valence-electron chi connectivity index (χ1n) is 7.93. The van der Waals surface area contributed by atoms with Gasteiger partial charge < -0.3 is 10.0 Å². The molecule has 2 heterocycles. The van der Waals surface area contributed by atoms with Gasteiger partial charge in [0.05, 0.1) is 5.92 Å². The van der Waals surface area contributed by atoms with Gasteiger partial charge in [-0.1, -0.05) is 12.1 Å². The molecule has 0 saturated carbocycles. The molecule has 0 spiro atoms. The quantitative estimate of drug-likeness (QED) is 0.822. The van der Waals surface area contributed by atoms with Crippen LogP contribution in [0.3, 0.4) is 0 Å². The number of carboxylic acids is 1. The zero-order chi connectivity index (χ0) is 16.4. The van der Waals surface area contributed by atoms with E-state index in [0.717, 1.165) is 30.8 Å². The summed E-state index contributed by atoms with van der Waals surface area (Å²) in [5.41, 5.74) is 1.97. The maximum atomic E-state index is 11.9. The zero-order valence-corrected chi connectivity index (χ0v) is 12.8. The molecule has 6 nitrogen and oxygen atoms in total. The van der Waals surface area contributed by atoms with Crippen LogP contribution in [0.4, 0.5) is 5.69 Å². The molecule has 1 aromatic rings. The van der Waals surface area contributed by atoms with Crippen molar-refractivity contribution >= 4 is 23.5 Å². The third kappa shape index (κ3) is 3.52. The minimum atomic E-state index is -0.745. The molecule has 0 bridgehead atoms. The molecular formula is C17H20N2O4. The van der Waals surface area contributed by atoms with Crippen molar-refractivity contribution < 1.29 is 19.5 Å². The number of nitrogens with one attached hydrogen (secondary N) is 1. The molecule has 0 aliphatic carbocycles. The summed E-state index contributed by atoms with van der Waals surface area (Å²) in [6.07, 6.45) is 2.03. The molecule has 6 heteroatoms. The third-order valence-electron chi connectivity index (χ3n) is 4.65. The number of carbonyl (C=O) groups is 3. The van der Waals surface area contributed by atoms with E-state index in [0.29, 0.717) is 12.8 Å². The lowest BCUT2D eigenvalue weighted by molar-refractivity contribution is -0.138. The van der Waals surface area contributed by atoms with E-state index in [4.69, 9.17) is 5.11 Å². The van der Waals surface area contributed by atoms with Crippen LogP contribution in [0.1, 0.15) is 37.2 Å². The first-order chi connectivity index (χ1) is 11.0. The number of imide groups is 1. The summed E-state index contributed by atoms with van der Waals surface area (Å²) in [6, 6.07) is 7.81. The lowest BCUT2D eigenvalue weighted by Gasteiger charge is -2.23. The van der Waals surface area contributed by atoms with Gasteiger partial charge in [-0.3, -0.25) is 19.7 Å². The van der Waals surface area contributed by atoms with Crippen molar-refractivity contribution in [1.82, 2.24) is 5.32 Å². The molecule has 2 aliphatic heterocycles. The summed E-state index contributed by atoms with van der Waals surface area (Å²) >= 11 is 0. The van der Waals surface area contributed by atoms with E-state index < -0.39 is 5.97 Å². The van der Waals surface area contributed by atoms with Gasteiger partial charge in [-0.15, -0.1) is 0 Å². The van der Waals surface area contributed by atoms with Crippen molar-refractivity contribution in [1.29, 1.82) is 0 Å². The van der Waals surface area contributed by atoms with Crippen LogP contribution in [-0.4, -0.2) is 36.0 Å². The Labute approximate surface area is 134 Å². The molecule has 3 rings (SSSR count). The molecule has 1 aromatic carbocycles. The highest BCUT2D eigenvalue weighted by Gasteiger charge is 2.28. The van der Waals surface area contributed by atoms with Crippen molar-refractivity contribution in [2.24, 2.45) is 5.92 Å². The largest absolute Gasteiger partial charge is 0.481 e. The van der Waals surface area contributed by atoms with Gasteiger partial charge in [0.25, 0.3) is 0 Å². The van der Waals surface area contributed by atoms with Crippen LogP contribution in [0.2, 0.25) is 0 Å². The number of aliphatic carboxylic acids is 1. The van der Waals surface area contributed by atoms with Gasteiger partial charge in [-0.2, -0.15) is 0 Å². The van der Waals surface area contributed by atoms with Crippen LogP contribution in [0.15, 0.2) is 24.3 Å². The maximum Gasteiger partial charge on any atom is 0.303 e. The average Bonchev–Trinajstić information content (AvgIpc) is 2.95. The molecule has 2 saturated heterocycles. The Bertz CT molecular complexity index is 626. The van der Waals surface area contributed by atoms with E-state index in [-0.39, 0.29) is 30.1 Å². The molecule has 2 aliphatic rings. The standard InChI is InChI=1S/C17H20N2O4/c20-15-6-5-14(17(23)18-15)12-1-3-13(4-2-12)19-8-7-11(10-19)9-16(21)22/h1-4,11,14H,5-10H2,(H,21,22)(H,18,20,23)/t11-,14?/m0/s1. The van der Waals surface area contributed by atoms with Crippen molar-refractivity contribution in [3.05, 3.63) is 29.8 Å². The first-order valence-corrected chi connectivity index (χ1v) is 7.93. The highest BCUT2D eigenvalue weighted by atomic mass is 16.4. The predicted octanol–water partition coefficient (Wildman–Crippen LogP) is 1.51. The smallest absolute Gasteiger partial charge is 0.303 e. The molecule has 122 valence electrons. The van der Waals surface area contributed by atoms with Gasteiger partial charge in [0.15, 0.2) is 0 Å². The number of carbonyl (C=O) groups excluding carboxylic acids is 2. The lowest BCUT2D eigenvalue weighted by Crippen LogP contribution is -2.39. The number of nitrogens with zero attached hydrogens (tertiary/aromatic N) is 1. The summed E-state index contributed by atoms with van der Waals surface area (Å²) in [5.74, 6) is -1.24. The number of hydrogen-bond acceptors (Lipinski definition) is 4. The van der Waals surface area contributed by atoms with E-state index in [2.05, 4.69) is 10.2 Å². The molecule has 0 radical (unpaired) electrons. The molecule has 2 fully saturated rings. The summed E-state index contributed by atoms with van der Waals surface area (Å²) in [4.78, 5) is 36.1. The summed E-state index contributed by atoms with van der Waals surface area (Å²) in [5, 5.41) is 11.3. The fraction of sp³-hybridized carbons (Fsp3) is 0.471. The highest BCUT2D eigenvalue weighted by molar-refractivity contribution is 6.00. The SMILES string of the molecule is O=C(O)C[C@@H]1CCN(c2ccc(C3CCC(=O)NC3=O)cc2)C1. The van der Waals surface area contributed by atoms with Crippen LogP contribution in [0.25, 0.3) is 0 Å². The van der Waals surface area contributed by atoms with Gasteiger partial charge in [-0.05, 0) is 36.5 Å². The van der Waals surface area contributed by atoms with Gasteiger partial charge in [0, 0.05) is 31.6 Å². The van der Waals surface area contributed by atoms with Crippen molar-refractivity contribution in [3.63, 3.8) is 0 Å². The van der Waals surface area contributed by atoms with Crippen LogP contribution in [-0.2, 0) is 14.4 Å². The van der Waals surface area contributed by atoms with Crippen molar-refractivity contribution in [2.45, 2.75) is 31.6 Å². The molecule has 0 aromatic heterocycles. The topological polar surface area (TPSA) is 86.7 Å². The molecule has 1 unspecified atom stereocenters. The lowest BCUT2D eigenvalue weighted by atomic mass is 9.90. The normalized spacial score (nSPS) is 24.6. The fourth-order valence-electron chi connectivity index (χ4n) is 3.41. The molecule has 2 N–H and O–H groups in total. The highest BCUT2D eigenvalue weighted by Crippen LogP contribution is 2.29. The number of piperidine rings is 1. The van der Waals surface area contributed by atoms with E-state index >= 15 is 0 Å². The Balaban J connectivity index is 1.65. The van der Waals surface area contributed by atoms with Crippen molar-refractivity contribution in [3.8, 4) is 0 Å². The van der Waals surface area contributed by atoms with Crippen molar-refractivity contribution in [2.75, 3.05) is 18.0 Å². The van der Waals surface area contributed by atoms with Crippen LogP contribution >= 0.6 is 0 Å². The second-order valence-electron chi connectivity index (χ2n) is 6.29.